The second-order valence-corrected chi connectivity index (χ2v) is 9.53. The maximum atomic E-state index is 12.7. The second-order valence-electron chi connectivity index (χ2n) is 8.68. The predicted molar refractivity (Wildman–Crippen MR) is 145 cm³/mol. The van der Waals surface area contributed by atoms with E-state index in [1.165, 1.54) is 0 Å². The third-order valence-corrected chi connectivity index (χ3v) is 6.13. The van der Waals surface area contributed by atoms with Crippen molar-refractivity contribution in [1.82, 2.24) is 29.6 Å². The van der Waals surface area contributed by atoms with E-state index in [9.17, 15) is 4.79 Å². The standard InChI is InChI=1S/C26H26Cl2N8O/c1-35(2)11-10-30-25(37)23-16-36-24(33-23)13-22(20-8-6-18(27)12-21(20)28)34-26(36)31-9-3-4-19-7-5-17(14-29)15-32-19/h5-8,12-13,15-16H,3-4,9-11H2,1-2H3,(H,30,37)(H,31,34). The van der Waals surface area contributed by atoms with Gasteiger partial charge >= 0.3 is 0 Å². The molecule has 3 aromatic heterocycles. The second kappa shape index (κ2) is 12.0. The number of aromatic nitrogens is 4. The van der Waals surface area contributed by atoms with Gasteiger partial charge in [-0.1, -0.05) is 23.2 Å². The fourth-order valence-corrected chi connectivity index (χ4v) is 4.15. The van der Waals surface area contributed by atoms with Crippen molar-refractivity contribution in [3.8, 4) is 17.3 Å². The molecule has 2 N–H and O–H groups in total. The van der Waals surface area contributed by atoms with Crippen molar-refractivity contribution in [1.29, 1.82) is 5.26 Å². The molecule has 0 aliphatic rings. The van der Waals surface area contributed by atoms with Crippen molar-refractivity contribution < 1.29 is 4.79 Å². The number of benzene rings is 1. The van der Waals surface area contributed by atoms with Crippen LogP contribution in [-0.4, -0.2) is 63.9 Å². The first kappa shape index (κ1) is 26.4. The van der Waals surface area contributed by atoms with Crippen molar-refractivity contribution in [2.45, 2.75) is 12.8 Å². The van der Waals surface area contributed by atoms with Gasteiger partial charge in [0.1, 0.15) is 17.4 Å². The van der Waals surface area contributed by atoms with Crippen LogP contribution in [-0.2, 0) is 6.42 Å². The van der Waals surface area contributed by atoms with Gasteiger partial charge in [0, 0.05) is 54.4 Å². The zero-order chi connectivity index (χ0) is 26.4. The lowest BCUT2D eigenvalue weighted by Crippen LogP contribution is -2.31. The highest BCUT2D eigenvalue weighted by molar-refractivity contribution is 6.36. The van der Waals surface area contributed by atoms with E-state index in [0.29, 0.717) is 57.2 Å². The number of anilines is 1. The molecule has 0 saturated heterocycles. The lowest BCUT2D eigenvalue weighted by Gasteiger charge is -2.11. The van der Waals surface area contributed by atoms with Gasteiger partial charge in [-0.15, -0.1) is 0 Å². The third kappa shape index (κ3) is 6.74. The summed E-state index contributed by atoms with van der Waals surface area (Å²) in [6.45, 7) is 1.84. The van der Waals surface area contributed by atoms with Gasteiger partial charge < -0.3 is 15.5 Å². The van der Waals surface area contributed by atoms with E-state index in [0.717, 1.165) is 25.1 Å². The number of likely N-dealkylation sites (N-methyl/N-ethyl adjacent to an activating group) is 1. The highest BCUT2D eigenvalue weighted by atomic mass is 35.5. The molecule has 190 valence electrons. The summed E-state index contributed by atoms with van der Waals surface area (Å²) in [7, 11) is 3.89. The molecule has 0 bridgehead atoms. The molecule has 1 aromatic carbocycles. The average Bonchev–Trinajstić information content (AvgIpc) is 3.31. The summed E-state index contributed by atoms with van der Waals surface area (Å²) in [6, 6.07) is 12.7. The summed E-state index contributed by atoms with van der Waals surface area (Å²) in [5.41, 5.74) is 3.61. The van der Waals surface area contributed by atoms with Crippen LogP contribution in [0.25, 0.3) is 16.9 Å². The van der Waals surface area contributed by atoms with E-state index < -0.39 is 0 Å². The number of amides is 1. The maximum Gasteiger partial charge on any atom is 0.271 e. The van der Waals surface area contributed by atoms with Crippen LogP contribution in [0.1, 0.15) is 28.2 Å². The normalized spacial score (nSPS) is 11.0. The minimum absolute atomic E-state index is 0.255. The number of halogens is 2. The molecule has 3 heterocycles. The molecule has 11 heteroatoms. The van der Waals surface area contributed by atoms with Crippen molar-refractivity contribution in [2.75, 3.05) is 39.0 Å². The lowest BCUT2D eigenvalue weighted by molar-refractivity contribution is 0.0946. The Hall–Kier alpha value is -3.71. The van der Waals surface area contributed by atoms with Gasteiger partial charge in [0.05, 0.1) is 16.3 Å². The first-order valence-electron chi connectivity index (χ1n) is 11.7. The highest BCUT2D eigenvalue weighted by Crippen LogP contribution is 2.31. The molecule has 4 aromatic rings. The summed E-state index contributed by atoms with van der Waals surface area (Å²) < 4.78 is 1.76. The number of nitrogens with one attached hydrogen (secondary N) is 2. The SMILES string of the molecule is CN(C)CCNC(=O)c1cn2c(NCCCc3ccc(C#N)cn3)nc(-c3ccc(Cl)cc3Cl)cc2n1. The largest absolute Gasteiger partial charge is 0.355 e. The van der Waals surface area contributed by atoms with Crippen LogP contribution in [0, 0.1) is 11.3 Å². The molecule has 1 amide bonds. The Morgan fingerprint density at radius 1 is 1.14 bits per heavy atom. The average molecular weight is 537 g/mol. The topological polar surface area (TPSA) is 111 Å². The summed E-state index contributed by atoms with van der Waals surface area (Å²) in [6.07, 6.45) is 4.75. The Bertz CT molecular complexity index is 1440. The number of nitrogens with zero attached hydrogens (tertiary/aromatic N) is 6. The van der Waals surface area contributed by atoms with E-state index >= 15 is 0 Å². The smallest absolute Gasteiger partial charge is 0.271 e. The van der Waals surface area contributed by atoms with Crippen LogP contribution in [0.4, 0.5) is 5.95 Å². The van der Waals surface area contributed by atoms with Crippen molar-refractivity contribution in [2.24, 2.45) is 0 Å². The zero-order valence-corrected chi connectivity index (χ0v) is 22.0. The van der Waals surface area contributed by atoms with Crippen LogP contribution < -0.4 is 10.6 Å². The van der Waals surface area contributed by atoms with E-state index in [2.05, 4.69) is 26.7 Å². The minimum atomic E-state index is -0.255. The van der Waals surface area contributed by atoms with Crippen LogP contribution >= 0.6 is 23.2 Å². The van der Waals surface area contributed by atoms with Crippen LogP contribution in [0.5, 0.6) is 0 Å². The van der Waals surface area contributed by atoms with Gasteiger partial charge in [-0.25, -0.2) is 9.97 Å². The van der Waals surface area contributed by atoms with Gasteiger partial charge in [-0.3, -0.25) is 14.2 Å². The fourth-order valence-electron chi connectivity index (χ4n) is 3.65. The Balaban J connectivity index is 1.57. The van der Waals surface area contributed by atoms with Gasteiger partial charge in [0.2, 0.25) is 5.95 Å². The number of carbonyl (C=O) groups excluding carboxylic acids is 1. The molecule has 0 unspecified atom stereocenters. The van der Waals surface area contributed by atoms with E-state index in [1.54, 1.807) is 41.1 Å². The molecule has 0 atom stereocenters. The number of rotatable bonds is 10. The molecular formula is C26H26Cl2N8O. The summed E-state index contributed by atoms with van der Waals surface area (Å²) in [5.74, 6) is 0.278. The first-order valence-corrected chi connectivity index (χ1v) is 12.5. The molecule has 0 aliphatic carbocycles. The van der Waals surface area contributed by atoms with Gasteiger partial charge in [0.25, 0.3) is 5.91 Å². The van der Waals surface area contributed by atoms with Gasteiger partial charge in [-0.05, 0) is 57.3 Å². The Labute approximate surface area is 225 Å². The Morgan fingerprint density at radius 3 is 2.68 bits per heavy atom. The first-order chi connectivity index (χ1) is 17.8. The fraction of sp³-hybridized carbons (Fsp3) is 0.269. The van der Waals surface area contributed by atoms with Gasteiger partial charge in [-0.2, -0.15) is 5.26 Å². The van der Waals surface area contributed by atoms with Crippen molar-refractivity contribution in [3.05, 3.63) is 75.8 Å². The van der Waals surface area contributed by atoms with Crippen molar-refractivity contribution >= 4 is 40.7 Å². The predicted octanol–water partition coefficient (Wildman–Crippen LogP) is 4.31. The van der Waals surface area contributed by atoms with E-state index in [-0.39, 0.29) is 5.91 Å². The number of aryl methyl sites for hydroxylation is 1. The Morgan fingerprint density at radius 2 is 1.97 bits per heavy atom. The van der Waals surface area contributed by atoms with Crippen LogP contribution in [0.2, 0.25) is 10.0 Å². The summed E-state index contributed by atoms with van der Waals surface area (Å²) in [4.78, 5) is 28.3. The number of imidazole rings is 1. The third-order valence-electron chi connectivity index (χ3n) is 5.58. The molecule has 0 aliphatic heterocycles. The lowest BCUT2D eigenvalue weighted by atomic mass is 10.1. The molecule has 4 rings (SSSR count). The molecule has 0 saturated carbocycles. The number of hydrogen-bond acceptors (Lipinski definition) is 7. The number of carbonyl (C=O) groups is 1. The highest BCUT2D eigenvalue weighted by Gasteiger charge is 2.16. The van der Waals surface area contributed by atoms with Crippen LogP contribution in [0.15, 0.2) is 48.8 Å². The molecular weight excluding hydrogens is 511 g/mol. The quantitative estimate of drug-likeness (QED) is 0.290. The molecule has 0 spiro atoms. The number of pyridine rings is 1. The molecule has 0 fully saturated rings. The Kier molecular flexibility index (Phi) is 8.56. The molecule has 37 heavy (non-hydrogen) atoms. The molecule has 9 nitrogen and oxygen atoms in total. The maximum absolute atomic E-state index is 12.7. The minimum Gasteiger partial charge on any atom is -0.355 e. The summed E-state index contributed by atoms with van der Waals surface area (Å²) in [5, 5.41) is 16.2. The number of hydrogen-bond donors (Lipinski definition) is 2. The summed E-state index contributed by atoms with van der Waals surface area (Å²) >= 11 is 12.5. The number of nitriles is 1. The van der Waals surface area contributed by atoms with Gasteiger partial charge in [0.15, 0.2) is 0 Å². The zero-order valence-electron chi connectivity index (χ0n) is 20.5. The van der Waals surface area contributed by atoms with E-state index in [1.807, 2.05) is 31.1 Å². The molecule has 0 radical (unpaired) electrons. The number of fused-ring (bicyclic) bond motifs is 1. The van der Waals surface area contributed by atoms with Crippen LogP contribution in [0.3, 0.4) is 0 Å². The van der Waals surface area contributed by atoms with Crippen molar-refractivity contribution in [3.63, 3.8) is 0 Å². The van der Waals surface area contributed by atoms with E-state index in [4.69, 9.17) is 33.4 Å². The monoisotopic (exact) mass is 536 g/mol.